The lowest BCUT2D eigenvalue weighted by Gasteiger charge is -2.24. The maximum Gasteiger partial charge on any atom is 0.416 e. The molecule has 1 amide bonds. The van der Waals surface area contributed by atoms with Gasteiger partial charge < -0.3 is 10.1 Å². The van der Waals surface area contributed by atoms with Gasteiger partial charge in [-0.25, -0.2) is 8.42 Å². The molecule has 0 spiro atoms. The summed E-state index contributed by atoms with van der Waals surface area (Å²) in [6.45, 7) is -0.451. The van der Waals surface area contributed by atoms with Gasteiger partial charge in [-0.15, -0.1) is 0 Å². The summed E-state index contributed by atoms with van der Waals surface area (Å²) < 4.78 is 68.9. The number of rotatable bonds is 7. The number of carbonyl (C=O) groups excluding carboxylic acids is 1. The summed E-state index contributed by atoms with van der Waals surface area (Å²) in [6, 6.07) is 8.91. The van der Waals surface area contributed by atoms with Crippen molar-refractivity contribution in [2.75, 3.05) is 29.5 Å². The van der Waals surface area contributed by atoms with Crippen molar-refractivity contribution in [1.82, 2.24) is 0 Å². The van der Waals surface area contributed by atoms with Crippen LogP contribution in [0.5, 0.6) is 0 Å². The van der Waals surface area contributed by atoms with E-state index in [0.717, 1.165) is 24.0 Å². The number of halogens is 4. The third-order valence-electron chi connectivity index (χ3n) is 3.75. The number of nitrogens with one attached hydrogen (secondary N) is 1. The summed E-state index contributed by atoms with van der Waals surface area (Å²) >= 11 is 5.93. The molecule has 1 N–H and O–H groups in total. The van der Waals surface area contributed by atoms with E-state index in [1.165, 1.54) is 7.11 Å². The molecule has 29 heavy (non-hydrogen) atoms. The zero-order valence-corrected chi connectivity index (χ0v) is 17.0. The molecule has 0 aliphatic carbocycles. The van der Waals surface area contributed by atoms with E-state index in [4.69, 9.17) is 16.3 Å². The van der Waals surface area contributed by atoms with Gasteiger partial charge in [0.1, 0.15) is 6.54 Å². The summed E-state index contributed by atoms with van der Waals surface area (Å²) in [5, 5.41) is 2.27. The van der Waals surface area contributed by atoms with Gasteiger partial charge in [0.05, 0.1) is 29.1 Å². The van der Waals surface area contributed by atoms with Crippen LogP contribution in [0.1, 0.15) is 11.1 Å². The van der Waals surface area contributed by atoms with Crippen LogP contribution >= 0.6 is 11.6 Å². The average Bonchev–Trinajstić information content (AvgIpc) is 2.59. The Balaban J connectivity index is 2.31. The number of carbonyl (C=O) groups is 1. The van der Waals surface area contributed by atoms with Gasteiger partial charge in [0.2, 0.25) is 15.9 Å². The second-order valence-electron chi connectivity index (χ2n) is 6.12. The molecule has 0 aliphatic heterocycles. The van der Waals surface area contributed by atoms with Gasteiger partial charge >= 0.3 is 6.18 Å². The van der Waals surface area contributed by atoms with Gasteiger partial charge in [-0.3, -0.25) is 9.10 Å². The highest BCUT2D eigenvalue weighted by molar-refractivity contribution is 7.92. The molecule has 0 saturated heterocycles. The fourth-order valence-electron chi connectivity index (χ4n) is 2.50. The number of methoxy groups -OCH3 is 1. The highest BCUT2D eigenvalue weighted by atomic mass is 35.5. The van der Waals surface area contributed by atoms with E-state index in [1.54, 1.807) is 24.3 Å². The molecular weight excluding hydrogens is 433 g/mol. The first-order chi connectivity index (χ1) is 13.4. The molecule has 0 bridgehead atoms. The van der Waals surface area contributed by atoms with Crippen molar-refractivity contribution in [1.29, 1.82) is 0 Å². The number of benzene rings is 2. The summed E-state index contributed by atoms with van der Waals surface area (Å²) in [6.07, 6.45) is -3.93. The largest absolute Gasteiger partial charge is 0.416 e. The molecule has 0 aliphatic rings. The third kappa shape index (κ3) is 6.34. The van der Waals surface area contributed by atoms with Crippen LogP contribution in [0.4, 0.5) is 24.5 Å². The molecule has 0 radical (unpaired) electrons. The number of alkyl halides is 3. The Bertz CT molecular complexity index is 997. The second kappa shape index (κ2) is 9.02. The first kappa shape index (κ1) is 23.0. The Morgan fingerprint density at radius 1 is 1.21 bits per heavy atom. The normalized spacial score (nSPS) is 11.9. The van der Waals surface area contributed by atoms with Crippen molar-refractivity contribution in [3.05, 3.63) is 58.6 Å². The van der Waals surface area contributed by atoms with Crippen LogP contribution in [-0.4, -0.2) is 34.2 Å². The van der Waals surface area contributed by atoms with Crippen LogP contribution in [0.15, 0.2) is 42.5 Å². The summed E-state index contributed by atoms with van der Waals surface area (Å²) in [5.74, 6) is -0.751. The lowest BCUT2D eigenvalue weighted by atomic mass is 10.2. The van der Waals surface area contributed by atoms with Crippen LogP contribution < -0.4 is 9.62 Å². The van der Waals surface area contributed by atoms with E-state index < -0.39 is 39.9 Å². The van der Waals surface area contributed by atoms with Gasteiger partial charge in [0, 0.05) is 12.8 Å². The van der Waals surface area contributed by atoms with Gasteiger partial charge in [0.25, 0.3) is 0 Å². The average molecular weight is 451 g/mol. The molecule has 11 heteroatoms. The van der Waals surface area contributed by atoms with Gasteiger partial charge in [-0.05, 0) is 35.9 Å². The number of amides is 1. The second-order valence-corrected chi connectivity index (χ2v) is 8.43. The zero-order chi connectivity index (χ0) is 21.8. The number of ether oxygens (including phenoxy) is 1. The topological polar surface area (TPSA) is 75.7 Å². The van der Waals surface area contributed by atoms with Crippen molar-refractivity contribution in [2.24, 2.45) is 0 Å². The Kier molecular flexibility index (Phi) is 7.15. The highest BCUT2D eigenvalue weighted by Gasteiger charge is 2.33. The first-order valence-electron chi connectivity index (χ1n) is 8.14. The Hall–Kier alpha value is -2.30. The quantitative estimate of drug-likeness (QED) is 0.694. The molecule has 0 unspecified atom stereocenters. The maximum absolute atomic E-state index is 13.0. The van der Waals surface area contributed by atoms with Crippen molar-refractivity contribution in [2.45, 2.75) is 12.8 Å². The number of sulfonamides is 1. The minimum atomic E-state index is -4.70. The summed E-state index contributed by atoms with van der Waals surface area (Å²) in [4.78, 5) is 12.4. The smallest absolute Gasteiger partial charge is 0.380 e. The fourth-order valence-corrected chi connectivity index (χ4v) is 3.63. The van der Waals surface area contributed by atoms with Crippen molar-refractivity contribution < 1.29 is 31.1 Å². The number of hydrogen-bond acceptors (Lipinski definition) is 4. The van der Waals surface area contributed by atoms with Crippen LogP contribution in [0.25, 0.3) is 0 Å². The predicted molar refractivity (Wildman–Crippen MR) is 104 cm³/mol. The van der Waals surface area contributed by atoms with Crippen LogP contribution in [0.2, 0.25) is 5.02 Å². The van der Waals surface area contributed by atoms with E-state index in [-0.39, 0.29) is 5.02 Å². The Morgan fingerprint density at radius 3 is 2.48 bits per heavy atom. The first-order valence-corrected chi connectivity index (χ1v) is 10.4. The molecule has 2 rings (SSSR count). The van der Waals surface area contributed by atoms with E-state index in [9.17, 15) is 26.4 Å². The van der Waals surface area contributed by atoms with E-state index in [2.05, 4.69) is 5.32 Å². The lowest BCUT2D eigenvalue weighted by molar-refractivity contribution is -0.137. The summed E-state index contributed by atoms with van der Waals surface area (Å²) in [5.41, 5.74) is -0.371. The molecule has 0 aromatic heterocycles. The molecule has 158 valence electrons. The summed E-state index contributed by atoms with van der Waals surface area (Å²) in [7, 11) is -2.60. The molecule has 6 nitrogen and oxygen atoms in total. The molecule has 0 heterocycles. The van der Waals surface area contributed by atoms with Crippen molar-refractivity contribution in [3.8, 4) is 0 Å². The van der Waals surface area contributed by atoms with Crippen molar-refractivity contribution >= 4 is 38.9 Å². The predicted octanol–water partition coefficient (Wildman–Crippen LogP) is 3.91. The zero-order valence-electron chi connectivity index (χ0n) is 15.5. The molecule has 2 aromatic rings. The SMILES string of the molecule is COCc1cccc(NC(=O)CN(c2cc(C(F)(F)F)ccc2Cl)S(C)(=O)=O)c1. The van der Waals surface area contributed by atoms with E-state index in [0.29, 0.717) is 22.7 Å². The molecule has 2 aromatic carbocycles. The number of hydrogen-bond donors (Lipinski definition) is 1. The van der Waals surface area contributed by atoms with Gasteiger partial charge in [0.15, 0.2) is 0 Å². The monoisotopic (exact) mass is 450 g/mol. The standard InChI is InChI=1S/C18H18ClF3N2O4S/c1-28-11-12-4-3-5-14(8-12)23-17(25)10-24(29(2,26)27)16-9-13(18(20,21)22)6-7-15(16)19/h3-9H,10-11H2,1-2H3,(H,23,25). The Morgan fingerprint density at radius 2 is 1.90 bits per heavy atom. The highest BCUT2D eigenvalue weighted by Crippen LogP contribution is 2.36. The number of nitrogens with zero attached hydrogens (tertiary/aromatic N) is 1. The fraction of sp³-hybridized carbons (Fsp3) is 0.278. The third-order valence-corrected chi connectivity index (χ3v) is 5.20. The van der Waals surface area contributed by atoms with Crippen LogP contribution in [0.3, 0.4) is 0 Å². The minimum Gasteiger partial charge on any atom is -0.380 e. The van der Waals surface area contributed by atoms with Crippen LogP contribution in [0, 0.1) is 0 Å². The molecule has 0 atom stereocenters. The van der Waals surface area contributed by atoms with E-state index >= 15 is 0 Å². The van der Waals surface area contributed by atoms with Crippen LogP contribution in [-0.2, 0) is 32.3 Å². The Labute approximate surface area is 171 Å². The molecule has 0 fully saturated rings. The molecule has 0 saturated carbocycles. The minimum absolute atomic E-state index is 0.238. The van der Waals surface area contributed by atoms with Crippen molar-refractivity contribution in [3.63, 3.8) is 0 Å². The van der Waals surface area contributed by atoms with Gasteiger partial charge in [-0.2, -0.15) is 13.2 Å². The number of anilines is 2. The van der Waals surface area contributed by atoms with E-state index in [1.807, 2.05) is 0 Å². The van der Waals surface area contributed by atoms with Gasteiger partial charge in [-0.1, -0.05) is 23.7 Å². The molecular formula is C18H18ClF3N2O4S. The maximum atomic E-state index is 13.0. The lowest BCUT2D eigenvalue weighted by Crippen LogP contribution is -2.37.